The number of nitrogens with zero attached hydrogens (tertiary/aromatic N) is 1. The molecule has 1 fully saturated rings. The zero-order chi connectivity index (χ0) is 13.8. The largest absolute Gasteiger partial charge is 0.387 e. The van der Waals surface area contributed by atoms with Crippen LogP contribution < -0.4 is 5.73 Å². The van der Waals surface area contributed by atoms with E-state index >= 15 is 0 Å². The van der Waals surface area contributed by atoms with Gasteiger partial charge in [0.1, 0.15) is 0 Å². The van der Waals surface area contributed by atoms with Crippen molar-refractivity contribution in [2.75, 3.05) is 19.6 Å². The normalized spacial score (nSPS) is 23.1. The van der Waals surface area contributed by atoms with Crippen LogP contribution in [0.1, 0.15) is 53.4 Å². The summed E-state index contributed by atoms with van der Waals surface area (Å²) in [5.41, 5.74) is 5.49. The molecule has 1 atom stereocenters. The van der Waals surface area contributed by atoms with Crippen LogP contribution in [0.3, 0.4) is 0 Å². The molecule has 3 N–H and O–H groups in total. The predicted octanol–water partition coefficient (Wildman–Crippen LogP) is 3.10. The minimum absolute atomic E-state index is 0.149. The Morgan fingerprint density at radius 2 is 2.00 bits per heavy atom. The van der Waals surface area contributed by atoms with E-state index in [4.69, 9.17) is 11.1 Å². The molecule has 1 aliphatic heterocycles. The fraction of sp³-hybridized carbons (Fsp3) is 0.933. The number of rotatable bonds is 5. The van der Waals surface area contributed by atoms with E-state index in [1.165, 1.54) is 32.4 Å². The summed E-state index contributed by atoms with van der Waals surface area (Å²) < 4.78 is 0. The molecule has 0 aromatic heterocycles. The highest BCUT2D eigenvalue weighted by Gasteiger charge is 2.24. The molecule has 3 heteroatoms. The maximum atomic E-state index is 7.61. The van der Waals surface area contributed by atoms with Gasteiger partial charge < -0.3 is 10.6 Å². The lowest BCUT2D eigenvalue weighted by Gasteiger charge is -2.28. The van der Waals surface area contributed by atoms with Crippen molar-refractivity contribution in [3.05, 3.63) is 0 Å². The Morgan fingerprint density at radius 3 is 2.56 bits per heavy atom. The Morgan fingerprint density at radius 1 is 1.33 bits per heavy atom. The standard InChI is InChI=1S/C15H31N3/c1-12(2)13-6-5-9-18(10-7-13)11-8-15(3,4)14(16)17/h12-13H,5-11H2,1-4H3,(H3,16,17). The van der Waals surface area contributed by atoms with E-state index in [0.29, 0.717) is 5.84 Å². The van der Waals surface area contributed by atoms with Gasteiger partial charge >= 0.3 is 0 Å². The summed E-state index contributed by atoms with van der Waals surface area (Å²) in [6.07, 6.45) is 5.03. The van der Waals surface area contributed by atoms with Crippen LogP contribution in [-0.2, 0) is 0 Å². The summed E-state index contributed by atoms with van der Waals surface area (Å²) in [4.78, 5) is 2.56. The van der Waals surface area contributed by atoms with Crippen molar-refractivity contribution in [2.45, 2.75) is 53.4 Å². The summed E-state index contributed by atoms with van der Waals surface area (Å²) in [5, 5.41) is 7.61. The maximum absolute atomic E-state index is 7.61. The van der Waals surface area contributed by atoms with Gasteiger partial charge in [-0.25, -0.2) is 0 Å². The van der Waals surface area contributed by atoms with Crippen molar-refractivity contribution in [3.63, 3.8) is 0 Å². The molecule has 1 unspecified atom stereocenters. The van der Waals surface area contributed by atoms with Gasteiger partial charge in [0.25, 0.3) is 0 Å². The molecule has 18 heavy (non-hydrogen) atoms. The van der Waals surface area contributed by atoms with Gasteiger partial charge in [-0.1, -0.05) is 27.7 Å². The number of nitrogens with one attached hydrogen (secondary N) is 1. The van der Waals surface area contributed by atoms with Crippen molar-refractivity contribution >= 4 is 5.84 Å². The number of hydrogen-bond donors (Lipinski definition) is 2. The van der Waals surface area contributed by atoms with E-state index < -0.39 is 0 Å². The third-order valence-electron chi connectivity index (χ3n) is 4.59. The molecule has 1 heterocycles. The zero-order valence-electron chi connectivity index (χ0n) is 12.6. The summed E-state index contributed by atoms with van der Waals surface area (Å²) in [7, 11) is 0. The highest BCUT2D eigenvalue weighted by molar-refractivity contribution is 5.82. The van der Waals surface area contributed by atoms with Crippen LogP contribution in [0.2, 0.25) is 0 Å². The van der Waals surface area contributed by atoms with Gasteiger partial charge in [-0.3, -0.25) is 5.41 Å². The fourth-order valence-corrected chi connectivity index (χ4v) is 2.64. The minimum atomic E-state index is -0.149. The van der Waals surface area contributed by atoms with Gasteiger partial charge in [0, 0.05) is 5.41 Å². The van der Waals surface area contributed by atoms with Crippen LogP contribution in [0.4, 0.5) is 0 Å². The summed E-state index contributed by atoms with van der Waals surface area (Å²) in [6, 6.07) is 0. The van der Waals surface area contributed by atoms with E-state index in [0.717, 1.165) is 24.8 Å². The first-order valence-electron chi connectivity index (χ1n) is 7.40. The summed E-state index contributed by atoms with van der Waals surface area (Å²) in [6.45, 7) is 12.4. The molecule has 1 rings (SSSR count). The molecule has 0 aromatic rings. The van der Waals surface area contributed by atoms with Gasteiger partial charge in [-0.2, -0.15) is 0 Å². The summed E-state index contributed by atoms with van der Waals surface area (Å²) >= 11 is 0. The lowest BCUT2D eigenvalue weighted by atomic mass is 9.88. The average Bonchev–Trinajstić information content (AvgIpc) is 2.51. The Hall–Kier alpha value is -0.570. The monoisotopic (exact) mass is 253 g/mol. The Kier molecular flexibility index (Phi) is 5.64. The molecule has 1 aliphatic rings. The van der Waals surface area contributed by atoms with Crippen LogP contribution in [-0.4, -0.2) is 30.4 Å². The lowest BCUT2D eigenvalue weighted by Crippen LogP contribution is -2.36. The second kappa shape index (κ2) is 6.55. The highest BCUT2D eigenvalue weighted by atomic mass is 15.1. The van der Waals surface area contributed by atoms with E-state index in [1.54, 1.807) is 0 Å². The zero-order valence-corrected chi connectivity index (χ0v) is 12.6. The van der Waals surface area contributed by atoms with Crippen molar-refractivity contribution < 1.29 is 0 Å². The Bertz CT molecular complexity index is 271. The predicted molar refractivity (Wildman–Crippen MR) is 78.9 cm³/mol. The quantitative estimate of drug-likeness (QED) is 0.584. The minimum Gasteiger partial charge on any atom is -0.387 e. The van der Waals surface area contributed by atoms with Crippen molar-refractivity contribution in [1.29, 1.82) is 5.41 Å². The summed E-state index contributed by atoms with van der Waals surface area (Å²) in [5.74, 6) is 2.03. The topological polar surface area (TPSA) is 53.1 Å². The molecule has 106 valence electrons. The number of amidine groups is 1. The third-order valence-corrected chi connectivity index (χ3v) is 4.59. The first-order chi connectivity index (χ1) is 8.33. The van der Waals surface area contributed by atoms with E-state index in [2.05, 4.69) is 32.6 Å². The SMILES string of the molecule is CC(C)C1CCCN(CCC(C)(C)C(=N)N)CC1. The molecule has 0 radical (unpaired) electrons. The van der Waals surface area contributed by atoms with Gasteiger partial charge in [0.15, 0.2) is 0 Å². The second-order valence-corrected chi connectivity index (χ2v) is 6.82. The van der Waals surface area contributed by atoms with Crippen LogP contribution in [0.15, 0.2) is 0 Å². The molecule has 0 aromatic carbocycles. The first-order valence-corrected chi connectivity index (χ1v) is 7.40. The number of hydrogen-bond acceptors (Lipinski definition) is 2. The van der Waals surface area contributed by atoms with E-state index in [9.17, 15) is 0 Å². The van der Waals surface area contributed by atoms with E-state index in [1.807, 2.05) is 0 Å². The van der Waals surface area contributed by atoms with Gasteiger partial charge in [-0.05, 0) is 57.2 Å². The lowest BCUT2D eigenvalue weighted by molar-refractivity contribution is 0.245. The van der Waals surface area contributed by atoms with E-state index in [-0.39, 0.29) is 5.41 Å². The van der Waals surface area contributed by atoms with Gasteiger partial charge in [0.2, 0.25) is 0 Å². The van der Waals surface area contributed by atoms with Crippen molar-refractivity contribution in [2.24, 2.45) is 23.0 Å². The third kappa shape index (κ3) is 4.60. The molecule has 1 saturated heterocycles. The smallest absolute Gasteiger partial charge is 0.0963 e. The van der Waals surface area contributed by atoms with Crippen LogP contribution >= 0.6 is 0 Å². The first kappa shape index (κ1) is 15.5. The molecule has 3 nitrogen and oxygen atoms in total. The molecule has 0 saturated carbocycles. The molecule has 0 spiro atoms. The maximum Gasteiger partial charge on any atom is 0.0963 e. The second-order valence-electron chi connectivity index (χ2n) is 6.82. The highest BCUT2D eigenvalue weighted by Crippen LogP contribution is 2.26. The Labute approximate surface area is 113 Å². The van der Waals surface area contributed by atoms with Crippen molar-refractivity contribution in [1.82, 2.24) is 4.90 Å². The molecule has 0 amide bonds. The van der Waals surface area contributed by atoms with Gasteiger partial charge in [-0.15, -0.1) is 0 Å². The van der Waals surface area contributed by atoms with Crippen LogP contribution in [0.5, 0.6) is 0 Å². The van der Waals surface area contributed by atoms with Crippen molar-refractivity contribution in [3.8, 4) is 0 Å². The molecular weight excluding hydrogens is 222 g/mol. The molecular formula is C15H31N3. The average molecular weight is 253 g/mol. The number of likely N-dealkylation sites (tertiary alicyclic amines) is 1. The van der Waals surface area contributed by atoms with Crippen LogP contribution in [0, 0.1) is 22.7 Å². The van der Waals surface area contributed by atoms with Gasteiger partial charge in [0.05, 0.1) is 5.84 Å². The van der Waals surface area contributed by atoms with Crippen LogP contribution in [0.25, 0.3) is 0 Å². The molecule has 0 bridgehead atoms. The molecule has 0 aliphatic carbocycles. The fourth-order valence-electron chi connectivity index (χ4n) is 2.64. The number of nitrogens with two attached hydrogens (primary N) is 1. The Balaban J connectivity index is 2.38.